The van der Waals surface area contributed by atoms with Crippen LogP contribution in [0.25, 0.3) is 10.4 Å². The zero-order valence-electron chi connectivity index (χ0n) is 12.3. The number of thiophene rings is 1. The van der Waals surface area contributed by atoms with Crippen molar-refractivity contribution >= 4 is 38.9 Å². The van der Waals surface area contributed by atoms with E-state index in [2.05, 4.69) is 49.6 Å². The molecule has 116 valence electrons. The van der Waals surface area contributed by atoms with E-state index in [9.17, 15) is 4.79 Å². The minimum atomic E-state index is -0.251. The smallest absolute Gasteiger partial charge is 0.287 e. The number of hydrogen-bond donors (Lipinski definition) is 2. The Morgan fingerprint density at radius 2 is 1.96 bits per heavy atom. The van der Waals surface area contributed by atoms with E-state index < -0.39 is 0 Å². The van der Waals surface area contributed by atoms with Crippen LogP contribution in [-0.2, 0) is 0 Å². The number of carbonyl (C=O) groups excluding carboxylic acids is 1. The molecule has 0 spiro atoms. The fourth-order valence-corrected chi connectivity index (χ4v) is 3.24. The lowest BCUT2D eigenvalue weighted by Crippen LogP contribution is -2.19. The molecular formula is C17H14BrN3OS. The number of amides is 1. The first-order valence-corrected chi connectivity index (χ1v) is 8.58. The summed E-state index contributed by atoms with van der Waals surface area (Å²) in [5, 5.41) is 4.17. The van der Waals surface area contributed by atoms with Crippen molar-refractivity contribution in [1.82, 2.24) is 10.4 Å². The average molecular weight is 388 g/mol. The lowest BCUT2D eigenvalue weighted by Gasteiger charge is -2.00. The molecular weight excluding hydrogens is 374 g/mol. The summed E-state index contributed by atoms with van der Waals surface area (Å²) in [4.78, 5) is 16.9. The zero-order valence-corrected chi connectivity index (χ0v) is 14.7. The van der Waals surface area contributed by atoms with Gasteiger partial charge in [-0.25, -0.2) is 5.43 Å². The van der Waals surface area contributed by atoms with Crippen LogP contribution in [0.5, 0.6) is 0 Å². The molecule has 0 aliphatic rings. The maximum Gasteiger partial charge on any atom is 0.287 e. The molecule has 1 aromatic carbocycles. The number of nitrogens with zero attached hydrogens (tertiary/aromatic N) is 1. The number of H-pyrrole nitrogens is 1. The van der Waals surface area contributed by atoms with E-state index in [0.717, 1.165) is 25.5 Å². The van der Waals surface area contributed by atoms with Gasteiger partial charge in [-0.1, -0.05) is 28.1 Å². The monoisotopic (exact) mass is 387 g/mol. The normalized spacial score (nSPS) is 11.5. The molecule has 4 nitrogen and oxygen atoms in total. The Morgan fingerprint density at radius 1 is 1.17 bits per heavy atom. The van der Waals surface area contributed by atoms with Gasteiger partial charge >= 0.3 is 0 Å². The van der Waals surface area contributed by atoms with Gasteiger partial charge in [0.1, 0.15) is 5.69 Å². The van der Waals surface area contributed by atoms with Crippen molar-refractivity contribution < 1.29 is 4.79 Å². The molecule has 23 heavy (non-hydrogen) atoms. The molecule has 0 bridgehead atoms. The van der Waals surface area contributed by atoms with Crippen molar-refractivity contribution in [2.45, 2.75) is 6.92 Å². The van der Waals surface area contributed by atoms with Crippen LogP contribution in [0.3, 0.4) is 0 Å². The summed E-state index contributed by atoms with van der Waals surface area (Å²) in [6, 6.07) is 15.7. The largest absolute Gasteiger partial charge is 0.357 e. The Hall–Kier alpha value is -2.18. The fraction of sp³-hybridized carbons (Fsp3) is 0.0588. The van der Waals surface area contributed by atoms with Crippen molar-refractivity contribution in [3.05, 3.63) is 69.8 Å². The van der Waals surface area contributed by atoms with E-state index in [4.69, 9.17) is 0 Å². The predicted octanol–water partition coefficient (Wildman–Crippen LogP) is 4.66. The fourth-order valence-electron chi connectivity index (χ4n) is 2.02. The lowest BCUT2D eigenvalue weighted by molar-refractivity contribution is 0.0950. The van der Waals surface area contributed by atoms with Gasteiger partial charge in [0.05, 0.1) is 10.6 Å². The minimum Gasteiger partial charge on any atom is -0.357 e. The zero-order chi connectivity index (χ0) is 16.2. The third-order valence-corrected chi connectivity index (χ3v) is 5.03. The van der Waals surface area contributed by atoms with Crippen molar-refractivity contribution in [3.8, 4) is 10.4 Å². The van der Waals surface area contributed by atoms with Crippen LogP contribution >= 0.6 is 27.3 Å². The molecule has 0 fully saturated rings. The molecule has 2 N–H and O–H groups in total. The quantitative estimate of drug-likeness (QED) is 0.496. The molecule has 6 heteroatoms. The second-order valence-corrected chi connectivity index (χ2v) is 6.89. The van der Waals surface area contributed by atoms with Crippen molar-refractivity contribution in [3.63, 3.8) is 0 Å². The van der Waals surface area contributed by atoms with Gasteiger partial charge < -0.3 is 4.98 Å². The first-order chi connectivity index (χ1) is 11.1. The maximum absolute atomic E-state index is 11.8. The standard InChI is InChI=1S/C17H14BrN3OS/c1-11(20-21-17(22)14-3-2-10-19-14)15-8-9-16(23-15)12-4-6-13(18)7-5-12/h2-10,19H,1H3,(H,21,22)/b20-11-. The summed E-state index contributed by atoms with van der Waals surface area (Å²) in [5.74, 6) is -0.251. The number of benzene rings is 1. The number of aromatic amines is 1. The number of carbonyl (C=O) groups is 1. The molecule has 0 aliphatic heterocycles. The van der Waals surface area contributed by atoms with Crippen molar-refractivity contribution in [2.24, 2.45) is 5.10 Å². The highest BCUT2D eigenvalue weighted by Crippen LogP contribution is 2.29. The topological polar surface area (TPSA) is 57.2 Å². The highest BCUT2D eigenvalue weighted by Gasteiger charge is 2.07. The van der Waals surface area contributed by atoms with Crippen LogP contribution in [0.4, 0.5) is 0 Å². The summed E-state index contributed by atoms with van der Waals surface area (Å²) < 4.78 is 1.06. The Labute approximate surface area is 146 Å². The van der Waals surface area contributed by atoms with Crippen molar-refractivity contribution in [1.29, 1.82) is 0 Å². The molecule has 0 aliphatic carbocycles. The number of halogens is 1. The second kappa shape index (κ2) is 6.93. The lowest BCUT2D eigenvalue weighted by atomic mass is 10.2. The summed E-state index contributed by atoms with van der Waals surface area (Å²) >= 11 is 5.08. The van der Waals surface area contributed by atoms with Crippen LogP contribution in [-0.4, -0.2) is 16.6 Å². The van der Waals surface area contributed by atoms with Gasteiger partial charge in [-0.15, -0.1) is 11.3 Å². The summed E-state index contributed by atoms with van der Waals surface area (Å²) in [6.07, 6.45) is 1.70. The number of hydrogen-bond acceptors (Lipinski definition) is 3. The summed E-state index contributed by atoms with van der Waals surface area (Å²) in [5.41, 5.74) is 4.98. The Balaban J connectivity index is 1.73. The van der Waals surface area contributed by atoms with Gasteiger partial charge in [0.15, 0.2) is 0 Å². The maximum atomic E-state index is 11.8. The van der Waals surface area contributed by atoms with E-state index in [-0.39, 0.29) is 5.91 Å². The summed E-state index contributed by atoms with van der Waals surface area (Å²) in [6.45, 7) is 1.88. The molecule has 1 amide bonds. The first-order valence-electron chi connectivity index (χ1n) is 6.97. The number of rotatable bonds is 4. The van der Waals surface area contributed by atoms with E-state index in [1.54, 1.807) is 29.7 Å². The number of nitrogens with one attached hydrogen (secondary N) is 2. The molecule has 0 atom stereocenters. The molecule has 2 aromatic heterocycles. The molecule has 0 radical (unpaired) electrons. The minimum absolute atomic E-state index is 0.251. The van der Waals surface area contributed by atoms with Gasteiger partial charge in [-0.2, -0.15) is 5.10 Å². The first kappa shape index (κ1) is 15.7. The van der Waals surface area contributed by atoms with Gasteiger partial charge in [-0.3, -0.25) is 4.79 Å². The predicted molar refractivity (Wildman–Crippen MR) is 97.9 cm³/mol. The number of hydrazone groups is 1. The number of aromatic nitrogens is 1. The molecule has 0 saturated heterocycles. The Bertz CT molecular complexity index is 835. The van der Waals surface area contributed by atoms with E-state index in [1.807, 2.05) is 25.1 Å². The highest BCUT2D eigenvalue weighted by molar-refractivity contribution is 9.10. The molecule has 0 saturated carbocycles. The third kappa shape index (κ3) is 3.78. The molecule has 2 heterocycles. The van der Waals surface area contributed by atoms with E-state index in [1.165, 1.54) is 0 Å². The molecule has 3 rings (SSSR count). The van der Waals surface area contributed by atoms with Crippen LogP contribution in [0.15, 0.2) is 64.3 Å². The third-order valence-electron chi connectivity index (χ3n) is 3.26. The molecule has 3 aromatic rings. The van der Waals surface area contributed by atoms with Gasteiger partial charge in [0.25, 0.3) is 5.91 Å². The van der Waals surface area contributed by atoms with Gasteiger partial charge in [0.2, 0.25) is 0 Å². The van der Waals surface area contributed by atoms with Crippen LogP contribution < -0.4 is 5.43 Å². The highest BCUT2D eigenvalue weighted by atomic mass is 79.9. The van der Waals surface area contributed by atoms with Gasteiger partial charge in [-0.05, 0) is 48.9 Å². The van der Waals surface area contributed by atoms with Crippen LogP contribution in [0.2, 0.25) is 0 Å². The van der Waals surface area contributed by atoms with Crippen molar-refractivity contribution in [2.75, 3.05) is 0 Å². The van der Waals surface area contributed by atoms with Crippen LogP contribution in [0.1, 0.15) is 22.3 Å². The second-order valence-electron chi connectivity index (χ2n) is 4.89. The van der Waals surface area contributed by atoms with E-state index >= 15 is 0 Å². The SMILES string of the molecule is C/C(=N/NC(=O)c1ccc[nH]1)c1ccc(-c2ccc(Br)cc2)s1. The Morgan fingerprint density at radius 3 is 2.65 bits per heavy atom. The average Bonchev–Trinajstić information content (AvgIpc) is 3.24. The van der Waals surface area contributed by atoms with Crippen LogP contribution in [0, 0.1) is 0 Å². The Kier molecular flexibility index (Phi) is 4.73. The van der Waals surface area contributed by atoms with Gasteiger partial charge in [0, 0.05) is 15.5 Å². The summed E-state index contributed by atoms with van der Waals surface area (Å²) in [7, 11) is 0. The molecule has 0 unspecified atom stereocenters. The van der Waals surface area contributed by atoms with E-state index in [0.29, 0.717) is 5.69 Å².